The second kappa shape index (κ2) is 6.96. The Morgan fingerprint density at radius 2 is 1.80 bits per heavy atom. The average Bonchev–Trinajstić information content (AvgIpc) is 2.41. The van der Waals surface area contributed by atoms with E-state index in [1.54, 1.807) is 0 Å². The Morgan fingerprint density at radius 3 is 2.25 bits per heavy atom. The SMILES string of the molecule is CCC(CC)(C(O)Cc1c(F)ccc(Br)c1F)N(C)C. The molecular formula is C15H22BrF2NO. The van der Waals surface area contributed by atoms with Crippen LogP contribution in [0.3, 0.4) is 0 Å². The molecule has 114 valence electrons. The Bertz CT molecular complexity index is 461. The first-order valence-electron chi connectivity index (χ1n) is 6.78. The zero-order chi connectivity index (χ0) is 15.5. The summed E-state index contributed by atoms with van der Waals surface area (Å²) in [5.41, 5.74) is -0.554. The number of likely N-dealkylation sites (N-methyl/N-ethyl adjacent to an activating group) is 1. The number of halogens is 3. The van der Waals surface area contributed by atoms with E-state index in [2.05, 4.69) is 15.9 Å². The van der Waals surface area contributed by atoms with Crippen LogP contribution in [0.25, 0.3) is 0 Å². The Labute approximate surface area is 127 Å². The third-order valence-electron chi connectivity index (χ3n) is 4.27. The second-order valence-corrected chi connectivity index (χ2v) is 6.10. The van der Waals surface area contributed by atoms with Crippen LogP contribution in [0.2, 0.25) is 0 Å². The quantitative estimate of drug-likeness (QED) is 0.790. The van der Waals surface area contributed by atoms with Crippen molar-refractivity contribution in [1.29, 1.82) is 0 Å². The molecule has 0 aliphatic carbocycles. The second-order valence-electron chi connectivity index (χ2n) is 5.25. The minimum absolute atomic E-state index is 0.0447. The van der Waals surface area contributed by atoms with Gasteiger partial charge in [-0.25, -0.2) is 8.78 Å². The first kappa shape index (κ1) is 17.5. The van der Waals surface area contributed by atoms with Gasteiger partial charge in [0, 0.05) is 17.5 Å². The number of hydrogen-bond acceptors (Lipinski definition) is 2. The molecule has 2 nitrogen and oxygen atoms in total. The van der Waals surface area contributed by atoms with Crippen molar-refractivity contribution >= 4 is 15.9 Å². The van der Waals surface area contributed by atoms with Gasteiger partial charge in [-0.05, 0) is 55.0 Å². The van der Waals surface area contributed by atoms with Crippen LogP contribution in [0, 0.1) is 11.6 Å². The van der Waals surface area contributed by atoms with E-state index >= 15 is 0 Å². The molecule has 1 aromatic rings. The van der Waals surface area contributed by atoms with Gasteiger partial charge in [-0.3, -0.25) is 0 Å². The van der Waals surface area contributed by atoms with Gasteiger partial charge < -0.3 is 10.0 Å². The van der Waals surface area contributed by atoms with Crippen LogP contribution in [0.5, 0.6) is 0 Å². The molecule has 0 fully saturated rings. The van der Waals surface area contributed by atoms with Crippen molar-refractivity contribution in [3.05, 3.63) is 33.8 Å². The molecule has 0 aliphatic heterocycles. The van der Waals surface area contributed by atoms with E-state index in [1.165, 1.54) is 12.1 Å². The van der Waals surface area contributed by atoms with E-state index in [9.17, 15) is 13.9 Å². The molecule has 1 unspecified atom stereocenters. The molecule has 5 heteroatoms. The lowest BCUT2D eigenvalue weighted by molar-refractivity contribution is -0.0134. The summed E-state index contributed by atoms with van der Waals surface area (Å²) >= 11 is 3.05. The van der Waals surface area contributed by atoms with Crippen LogP contribution in [-0.2, 0) is 6.42 Å². The van der Waals surface area contributed by atoms with Crippen LogP contribution < -0.4 is 0 Å². The summed E-state index contributed by atoms with van der Waals surface area (Å²) in [6, 6.07) is 2.55. The minimum Gasteiger partial charge on any atom is -0.391 e. The maximum absolute atomic E-state index is 14.0. The lowest BCUT2D eigenvalue weighted by Gasteiger charge is -2.42. The Morgan fingerprint density at radius 1 is 1.25 bits per heavy atom. The fraction of sp³-hybridized carbons (Fsp3) is 0.600. The third kappa shape index (κ3) is 3.21. The van der Waals surface area contributed by atoms with Crippen LogP contribution in [0.4, 0.5) is 8.78 Å². The van der Waals surface area contributed by atoms with Gasteiger partial charge in [0.05, 0.1) is 10.6 Å². The van der Waals surface area contributed by atoms with Crippen molar-refractivity contribution in [3.8, 4) is 0 Å². The summed E-state index contributed by atoms with van der Waals surface area (Å²) in [6.45, 7) is 3.95. The maximum Gasteiger partial charge on any atom is 0.143 e. The summed E-state index contributed by atoms with van der Waals surface area (Å²) in [6.07, 6.45) is 0.520. The predicted molar refractivity (Wildman–Crippen MR) is 80.8 cm³/mol. The number of nitrogens with zero attached hydrogens (tertiary/aromatic N) is 1. The fourth-order valence-corrected chi connectivity index (χ4v) is 3.16. The standard InChI is InChI=1S/C15H22BrF2NO/c1-5-15(6-2,19(3)4)13(20)9-10-12(17)8-7-11(16)14(10)18/h7-8,13,20H,5-6,9H2,1-4H3. The first-order chi connectivity index (χ1) is 9.30. The lowest BCUT2D eigenvalue weighted by atomic mass is 9.82. The number of aliphatic hydroxyl groups excluding tert-OH is 1. The molecule has 1 aromatic carbocycles. The summed E-state index contributed by atoms with van der Waals surface area (Å²) in [4.78, 5) is 1.94. The maximum atomic E-state index is 14.0. The monoisotopic (exact) mass is 349 g/mol. The van der Waals surface area contributed by atoms with Crippen molar-refractivity contribution in [2.45, 2.75) is 44.8 Å². The smallest absolute Gasteiger partial charge is 0.143 e. The van der Waals surface area contributed by atoms with E-state index in [1.807, 2.05) is 32.8 Å². The van der Waals surface area contributed by atoms with Gasteiger partial charge in [-0.15, -0.1) is 0 Å². The number of hydrogen-bond donors (Lipinski definition) is 1. The Balaban J connectivity index is 3.12. The molecular weight excluding hydrogens is 328 g/mol. The first-order valence-corrected chi connectivity index (χ1v) is 7.57. The topological polar surface area (TPSA) is 23.5 Å². The van der Waals surface area contributed by atoms with E-state index in [0.717, 1.165) is 0 Å². The number of rotatable bonds is 6. The van der Waals surface area contributed by atoms with Gasteiger partial charge in [0.1, 0.15) is 11.6 Å². The highest BCUT2D eigenvalue weighted by atomic mass is 79.9. The molecule has 1 rings (SSSR count). The molecule has 1 atom stereocenters. The normalized spacial score (nSPS) is 13.8. The summed E-state index contributed by atoms with van der Waals surface area (Å²) in [5.74, 6) is -1.26. The molecule has 0 radical (unpaired) electrons. The van der Waals surface area contributed by atoms with Crippen LogP contribution in [0.1, 0.15) is 32.3 Å². The molecule has 0 saturated carbocycles. The zero-order valence-corrected chi connectivity index (χ0v) is 14.0. The van der Waals surface area contributed by atoms with Crippen molar-refractivity contribution < 1.29 is 13.9 Å². The van der Waals surface area contributed by atoms with Crippen LogP contribution >= 0.6 is 15.9 Å². The molecule has 0 spiro atoms. The van der Waals surface area contributed by atoms with Crippen molar-refractivity contribution in [2.75, 3.05) is 14.1 Å². The molecule has 0 saturated heterocycles. The molecule has 0 aromatic heterocycles. The highest BCUT2D eigenvalue weighted by molar-refractivity contribution is 9.10. The van der Waals surface area contributed by atoms with E-state index in [4.69, 9.17) is 0 Å². The van der Waals surface area contributed by atoms with Gasteiger partial charge in [0.2, 0.25) is 0 Å². The highest BCUT2D eigenvalue weighted by Gasteiger charge is 2.37. The molecule has 20 heavy (non-hydrogen) atoms. The van der Waals surface area contributed by atoms with E-state index < -0.39 is 23.3 Å². The third-order valence-corrected chi connectivity index (χ3v) is 4.88. The Hall–Kier alpha value is -0.520. The zero-order valence-electron chi connectivity index (χ0n) is 12.4. The summed E-state index contributed by atoms with van der Waals surface area (Å²) in [5, 5.41) is 10.5. The summed E-state index contributed by atoms with van der Waals surface area (Å²) in [7, 11) is 3.76. The Kier molecular flexibility index (Phi) is 6.10. The highest BCUT2D eigenvalue weighted by Crippen LogP contribution is 2.30. The average molecular weight is 350 g/mol. The lowest BCUT2D eigenvalue weighted by Crippen LogP contribution is -2.53. The fourth-order valence-electron chi connectivity index (χ4n) is 2.79. The van der Waals surface area contributed by atoms with E-state index in [-0.39, 0.29) is 16.5 Å². The summed E-state index contributed by atoms with van der Waals surface area (Å²) < 4.78 is 28.0. The van der Waals surface area contributed by atoms with Crippen LogP contribution in [-0.4, -0.2) is 35.7 Å². The van der Waals surface area contributed by atoms with Crippen LogP contribution in [0.15, 0.2) is 16.6 Å². The number of aliphatic hydroxyl groups is 1. The van der Waals surface area contributed by atoms with Gasteiger partial charge in [0.25, 0.3) is 0 Å². The van der Waals surface area contributed by atoms with E-state index in [0.29, 0.717) is 12.8 Å². The number of benzene rings is 1. The molecule has 0 amide bonds. The van der Waals surface area contributed by atoms with Gasteiger partial charge in [-0.1, -0.05) is 13.8 Å². The minimum atomic E-state index is -0.842. The van der Waals surface area contributed by atoms with Gasteiger partial charge in [-0.2, -0.15) is 0 Å². The molecule has 0 bridgehead atoms. The van der Waals surface area contributed by atoms with Gasteiger partial charge >= 0.3 is 0 Å². The molecule has 1 N–H and O–H groups in total. The largest absolute Gasteiger partial charge is 0.391 e. The van der Waals surface area contributed by atoms with Crippen molar-refractivity contribution in [1.82, 2.24) is 4.90 Å². The van der Waals surface area contributed by atoms with Crippen molar-refractivity contribution in [2.24, 2.45) is 0 Å². The molecule has 0 aliphatic rings. The van der Waals surface area contributed by atoms with Crippen molar-refractivity contribution in [3.63, 3.8) is 0 Å². The predicted octanol–water partition coefficient (Wildman–Crippen LogP) is 3.75. The van der Waals surface area contributed by atoms with Gasteiger partial charge in [0.15, 0.2) is 0 Å². The molecule has 0 heterocycles.